The zero-order valence-electron chi connectivity index (χ0n) is 8.92. The molecule has 15 heavy (non-hydrogen) atoms. The third-order valence-corrected chi connectivity index (χ3v) is 2.28. The maximum atomic E-state index is 5.68. The molecule has 2 aromatic rings. The number of benzene rings is 1. The van der Waals surface area contributed by atoms with E-state index in [1.54, 1.807) is 0 Å². The summed E-state index contributed by atoms with van der Waals surface area (Å²) in [6.45, 7) is 2.89. The summed E-state index contributed by atoms with van der Waals surface area (Å²) in [5.74, 6) is 1.03. The maximum Gasteiger partial charge on any atom is 1.00 e. The van der Waals surface area contributed by atoms with E-state index in [0.29, 0.717) is 0 Å². The summed E-state index contributed by atoms with van der Waals surface area (Å²) in [7, 11) is 1.92. The molecule has 0 aliphatic rings. The zero-order valence-corrected chi connectivity index (χ0v) is 8.92. The molecule has 1 heterocycles. The first-order valence-electron chi connectivity index (χ1n) is 4.44. The van der Waals surface area contributed by atoms with Crippen molar-refractivity contribution in [1.82, 2.24) is 5.32 Å². The standard InChI is InChI=1S/C11H13NO.Al.Li.4H/c1-8-9-5-3-4-6-10(9)13-11(8)7-12-2;;;;;;/h3-6,12H,7H2,1-2H3;;;;;;/q;-1;+1;;;;. The van der Waals surface area contributed by atoms with E-state index in [1.165, 1.54) is 10.9 Å². The molecule has 0 bridgehead atoms. The minimum atomic E-state index is 0. The summed E-state index contributed by atoms with van der Waals surface area (Å²) in [4.78, 5) is 0. The molecule has 0 saturated heterocycles. The molecule has 4 heteroatoms. The van der Waals surface area contributed by atoms with Crippen molar-refractivity contribution in [2.45, 2.75) is 13.5 Å². The number of hydrogen-bond donors (Lipinski definition) is 1. The van der Waals surface area contributed by atoms with Crippen molar-refractivity contribution in [1.29, 1.82) is 0 Å². The molecular formula is C11H17AlLiNO. The smallest absolute Gasteiger partial charge is 0.459 e. The van der Waals surface area contributed by atoms with Crippen LogP contribution in [0.25, 0.3) is 11.0 Å². The molecule has 2 rings (SSSR count). The number of nitrogens with one attached hydrogen (secondary N) is 1. The molecule has 0 unspecified atom stereocenters. The van der Waals surface area contributed by atoms with Gasteiger partial charge in [-0.1, -0.05) is 18.2 Å². The molecule has 0 spiro atoms. The first kappa shape index (κ1) is 14.8. The minimum Gasteiger partial charge on any atom is -0.459 e. The van der Waals surface area contributed by atoms with E-state index in [9.17, 15) is 0 Å². The van der Waals surface area contributed by atoms with Crippen LogP contribution in [0.15, 0.2) is 28.7 Å². The molecule has 1 aromatic carbocycles. The fraction of sp³-hybridized carbons (Fsp3) is 0.273. The topological polar surface area (TPSA) is 25.2 Å². The van der Waals surface area contributed by atoms with Crippen LogP contribution in [0, 0.1) is 6.92 Å². The van der Waals surface area contributed by atoms with Crippen LogP contribution in [0.1, 0.15) is 11.3 Å². The van der Waals surface area contributed by atoms with Gasteiger partial charge in [-0.2, -0.15) is 0 Å². The van der Waals surface area contributed by atoms with E-state index in [2.05, 4.69) is 18.3 Å². The van der Waals surface area contributed by atoms with Crippen LogP contribution in [0.2, 0.25) is 0 Å². The Kier molecular flexibility index (Phi) is 6.37. The Hall–Kier alpha value is -0.150. The fourth-order valence-corrected chi connectivity index (χ4v) is 1.55. The molecule has 1 N–H and O–H groups in total. The molecule has 0 aliphatic heterocycles. The maximum absolute atomic E-state index is 5.68. The van der Waals surface area contributed by atoms with Gasteiger partial charge in [0.05, 0.1) is 6.54 Å². The molecule has 0 fully saturated rings. The minimum absolute atomic E-state index is 0. The summed E-state index contributed by atoms with van der Waals surface area (Å²) in [6.07, 6.45) is 0. The van der Waals surface area contributed by atoms with Crippen molar-refractivity contribution in [3.8, 4) is 0 Å². The van der Waals surface area contributed by atoms with Gasteiger partial charge in [-0.3, -0.25) is 0 Å². The van der Waals surface area contributed by atoms with E-state index < -0.39 is 0 Å². The number of hydrogen-bond acceptors (Lipinski definition) is 2. The summed E-state index contributed by atoms with van der Waals surface area (Å²) < 4.78 is 5.68. The van der Waals surface area contributed by atoms with E-state index in [-0.39, 0.29) is 36.2 Å². The van der Waals surface area contributed by atoms with E-state index in [0.717, 1.165) is 17.9 Å². The summed E-state index contributed by atoms with van der Waals surface area (Å²) in [5, 5.41) is 4.31. The second kappa shape index (κ2) is 6.44. The predicted molar refractivity (Wildman–Crippen MR) is 65.0 cm³/mol. The van der Waals surface area contributed by atoms with Gasteiger partial charge in [0.1, 0.15) is 11.3 Å². The van der Waals surface area contributed by atoms with Crippen molar-refractivity contribution in [2.24, 2.45) is 0 Å². The molecule has 0 aliphatic carbocycles. The van der Waals surface area contributed by atoms with Crippen molar-refractivity contribution in [3.05, 3.63) is 35.6 Å². The van der Waals surface area contributed by atoms with Gasteiger partial charge in [0.15, 0.2) is 0 Å². The van der Waals surface area contributed by atoms with Gasteiger partial charge < -0.3 is 9.73 Å². The Morgan fingerprint density at radius 3 is 2.53 bits per heavy atom. The fourth-order valence-electron chi connectivity index (χ4n) is 1.55. The van der Waals surface area contributed by atoms with E-state index >= 15 is 0 Å². The second-order valence-corrected chi connectivity index (χ2v) is 3.18. The molecule has 0 amide bonds. The van der Waals surface area contributed by atoms with Crippen molar-refractivity contribution < 1.29 is 23.3 Å². The Morgan fingerprint density at radius 2 is 1.93 bits per heavy atom. The van der Waals surface area contributed by atoms with Crippen LogP contribution in [0.5, 0.6) is 0 Å². The largest absolute Gasteiger partial charge is 1.00 e. The van der Waals surface area contributed by atoms with Crippen molar-refractivity contribution in [3.63, 3.8) is 0 Å². The Bertz CT molecular complexity index is 427. The van der Waals surface area contributed by atoms with E-state index in [1.807, 2.05) is 25.2 Å². The molecular weight excluding hydrogens is 196 g/mol. The molecule has 2 nitrogen and oxygen atoms in total. The summed E-state index contributed by atoms with van der Waals surface area (Å²) in [6, 6.07) is 8.12. The number of aryl methyl sites for hydroxylation is 1. The number of rotatable bonds is 2. The summed E-state index contributed by atoms with van der Waals surface area (Å²) >= 11 is 0. The third-order valence-electron chi connectivity index (χ3n) is 2.28. The molecule has 0 saturated carbocycles. The quantitative estimate of drug-likeness (QED) is 0.584. The average molecular weight is 213 g/mol. The molecule has 76 valence electrons. The first-order chi connectivity index (χ1) is 6.33. The van der Waals surface area contributed by atoms with Crippen LogP contribution < -0.4 is 24.2 Å². The first-order valence-corrected chi connectivity index (χ1v) is 4.44. The Morgan fingerprint density at radius 1 is 1.27 bits per heavy atom. The van der Waals surface area contributed by atoms with Crippen LogP contribution in [0.4, 0.5) is 0 Å². The van der Waals surface area contributed by atoms with Gasteiger partial charge in [-0.05, 0) is 25.6 Å². The van der Waals surface area contributed by atoms with Crippen LogP contribution >= 0.6 is 0 Å². The number of fused-ring (bicyclic) bond motifs is 1. The van der Waals surface area contributed by atoms with Crippen LogP contribution in [-0.2, 0) is 6.54 Å². The molecule has 0 radical (unpaired) electrons. The third kappa shape index (κ3) is 2.91. The monoisotopic (exact) mass is 213 g/mol. The van der Waals surface area contributed by atoms with Gasteiger partial charge in [-0.15, -0.1) is 0 Å². The van der Waals surface area contributed by atoms with Crippen molar-refractivity contribution >= 4 is 28.3 Å². The van der Waals surface area contributed by atoms with Crippen molar-refractivity contribution in [2.75, 3.05) is 7.05 Å². The van der Waals surface area contributed by atoms with Crippen LogP contribution in [-0.4, -0.2) is 24.4 Å². The Labute approximate surface area is 113 Å². The zero-order chi connectivity index (χ0) is 9.26. The van der Waals surface area contributed by atoms with E-state index in [4.69, 9.17) is 4.42 Å². The van der Waals surface area contributed by atoms with Gasteiger partial charge >= 0.3 is 18.9 Å². The molecule has 0 atom stereocenters. The van der Waals surface area contributed by atoms with Gasteiger partial charge in [0, 0.05) is 22.7 Å². The number of furan rings is 1. The number of para-hydroxylation sites is 1. The van der Waals surface area contributed by atoms with Gasteiger partial charge in [0.25, 0.3) is 0 Å². The average Bonchev–Trinajstić information content (AvgIpc) is 2.46. The molecule has 1 aromatic heterocycles. The van der Waals surface area contributed by atoms with Crippen LogP contribution in [0.3, 0.4) is 0 Å². The van der Waals surface area contributed by atoms with Gasteiger partial charge in [0.2, 0.25) is 0 Å². The van der Waals surface area contributed by atoms with Gasteiger partial charge in [-0.25, -0.2) is 0 Å². The SMILES string of the molecule is CNCc1oc2ccccc2c1C.[AlH4-].[Li+]. The normalized spacial score (nSPS) is 9.47. The Balaban J connectivity index is 0.000000980. The summed E-state index contributed by atoms with van der Waals surface area (Å²) in [5.41, 5.74) is 2.22. The predicted octanol–water partition coefficient (Wildman–Crippen LogP) is -1.99. The second-order valence-electron chi connectivity index (χ2n) is 3.18.